The van der Waals surface area contributed by atoms with Crippen LogP contribution in [0.5, 0.6) is 0 Å². The smallest absolute Gasteiger partial charge is 0.246 e. The zero-order chi connectivity index (χ0) is 14.7. The van der Waals surface area contributed by atoms with E-state index in [2.05, 4.69) is 11.4 Å². The fraction of sp³-hybridized carbons (Fsp3) is 0.235. The van der Waals surface area contributed by atoms with Gasteiger partial charge in [-0.25, -0.2) is 0 Å². The quantitative estimate of drug-likeness (QED) is 0.936. The van der Waals surface area contributed by atoms with E-state index in [4.69, 9.17) is 11.6 Å². The number of carbonyl (C=O) groups excluding carboxylic acids is 1. The van der Waals surface area contributed by atoms with E-state index in [0.29, 0.717) is 5.02 Å². The minimum Gasteiger partial charge on any atom is -0.376 e. The summed E-state index contributed by atoms with van der Waals surface area (Å²) in [6, 6.07) is 15.5. The number of aryl methyl sites for hydroxylation is 1. The van der Waals surface area contributed by atoms with E-state index in [1.807, 2.05) is 47.4 Å². The Labute approximate surface area is 129 Å². The van der Waals surface area contributed by atoms with E-state index in [1.165, 1.54) is 5.56 Å². The molecule has 0 bridgehead atoms. The fourth-order valence-electron chi connectivity index (χ4n) is 2.66. The number of carbonyl (C=O) groups is 1. The molecular weight excluding hydrogens is 284 g/mol. The SMILES string of the molecule is O=C(CNc1cccc(Cl)c1)N1CCCc2ccccc21. The number of rotatable bonds is 3. The van der Waals surface area contributed by atoms with Gasteiger partial charge in [-0.05, 0) is 42.7 Å². The molecule has 3 rings (SSSR count). The minimum atomic E-state index is 0.0853. The lowest BCUT2D eigenvalue weighted by molar-refractivity contribution is -0.117. The summed E-state index contributed by atoms with van der Waals surface area (Å²) in [5.74, 6) is 0.0853. The molecule has 3 nitrogen and oxygen atoms in total. The summed E-state index contributed by atoms with van der Waals surface area (Å²) < 4.78 is 0. The molecule has 1 N–H and O–H groups in total. The molecule has 0 unspecified atom stereocenters. The average Bonchev–Trinajstić information content (AvgIpc) is 2.52. The third-order valence-corrected chi connectivity index (χ3v) is 3.91. The highest BCUT2D eigenvalue weighted by molar-refractivity contribution is 6.30. The zero-order valence-electron chi connectivity index (χ0n) is 11.7. The molecule has 0 aromatic heterocycles. The van der Waals surface area contributed by atoms with E-state index in [1.54, 1.807) is 0 Å². The van der Waals surface area contributed by atoms with Crippen LogP contribution in [0.3, 0.4) is 0 Å². The molecule has 21 heavy (non-hydrogen) atoms. The third kappa shape index (κ3) is 3.19. The van der Waals surface area contributed by atoms with Crippen molar-refractivity contribution in [1.82, 2.24) is 0 Å². The summed E-state index contributed by atoms with van der Waals surface area (Å²) in [5, 5.41) is 3.80. The second kappa shape index (κ2) is 6.19. The second-order valence-corrected chi connectivity index (χ2v) is 5.58. The molecule has 1 aliphatic heterocycles. The van der Waals surface area contributed by atoms with E-state index in [9.17, 15) is 4.79 Å². The number of amides is 1. The Hall–Kier alpha value is -2.00. The van der Waals surface area contributed by atoms with Crippen LogP contribution in [0.1, 0.15) is 12.0 Å². The summed E-state index contributed by atoms with van der Waals surface area (Å²) in [5.41, 5.74) is 3.16. The van der Waals surface area contributed by atoms with Crippen molar-refractivity contribution in [2.45, 2.75) is 12.8 Å². The van der Waals surface area contributed by atoms with Gasteiger partial charge < -0.3 is 10.2 Å². The first-order valence-electron chi connectivity index (χ1n) is 7.12. The van der Waals surface area contributed by atoms with Gasteiger partial charge in [0.25, 0.3) is 0 Å². The lowest BCUT2D eigenvalue weighted by Crippen LogP contribution is -2.39. The highest BCUT2D eigenvalue weighted by Crippen LogP contribution is 2.26. The average molecular weight is 301 g/mol. The molecule has 2 aromatic rings. The van der Waals surface area contributed by atoms with Gasteiger partial charge in [-0.1, -0.05) is 35.9 Å². The summed E-state index contributed by atoms with van der Waals surface area (Å²) in [6.45, 7) is 1.06. The van der Waals surface area contributed by atoms with Crippen LogP contribution in [0, 0.1) is 0 Å². The van der Waals surface area contributed by atoms with Gasteiger partial charge in [-0.15, -0.1) is 0 Å². The first kappa shape index (κ1) is 14.0. The lowest BCUT2D eigenvalue weighted by atomic mass is 10.0. The number of para-hydroxylation sites is 1. The number of anilines is 2. The Morgan fingerprint density at radius 2 is 2.05 bits per heavy atom. The molecule has 108 valence electrons. The highest BCUT2D eigenvalue weighted by atomic mass is 35.5. The number of benzene rings is 2. The number of hydrogen-bond donors (Lipinski definition) is 1. The molecule has 0 fully saturated rings. The third-order valence-electron chi connectivity index (χ3n) is 3.68. The van der Waals surface area contributed by atoms with Crippen LogP contribution in [-0.2, 0) is 11.2 Å². The van der Waals surface area contributed by atoms with Crippen LogP contribution in [0.2, 0.25) is 5.02 Å². The van der Waals surface area contributed by atoms with Gasteiger partial charge in [0.2, 0.25) is 5.91 Å². The van der Waals surface area contributed by atoms with Crippen molar-refractivity contribution in [2.24, 2.45) is 0 Å². The number of nitrogens with one attached hydrogen (secondary N) is 1. The van der Waals surface area contributed by atoms with Crippen molar-refractivity contribution in [2.75, 3.05) is 23.3 Å². The monoisotopic (exact) mass is 300 g/mol. The molecule has 1 amide bonds. The maximum absolute atomic E-state index is 12.4. The van der Waals surface area contributed by atoms with Gasteiger partial charge in [0, 0.05) is 22.9 Å². The molecular formula is C17H17ClN2O. The summed E-state index contributed by atoms with van der Waals surface area (Å²) in [4.78, 5) is 14.3. The Morgan fingerprint density at radius 1 is 1.19 bits per heavy atom. The van der Waals surface area contributed by atoms with Crippen molar-refractivity contribution >= 4 is 28.9 Å². The molecule has 0 radical (unpaired) electrons. The van der Waals surface area contributed by atoms with Gasteiger partial charge in [0.15, 0.2) is 0 Å². The van der Waals surface area contributed by atoms with Crippen LogP contribution in [0.15, 0.2) is 48.5 Å². The van der Waals surface area contributed by atoms with Crippen LogP contribution < -0.4 is 10.2 Å². The molecule has 0 saturated carbocycles. The molecule has 0 saturated heterocycles. The van der Waals surface area contributed by atoms with Gasteiger partial charge in [-0.2, -0.15) is 0 Å². The second-order valence-electron chi connectivity index (χ2n) is 5.14. The van der Waals surface area contributed by atoms with Crippen molar-refractivity contribution in [3.63, 3.8) is 0 Å². The lowest BCUT2D eigenvalue weighted by Gasteiger charge is -2.29. The normalized spacial score (nSPS) is 13.7. The van der Waals surface area contributed by atoms with Crippen LogP contribution in [0.25, 0.3) is 0 Å². The molecule has 2 aromatic carbocycles. The molecule has 0 atom stereocenters. The molecule has 4 heteroatoms. The van der Waals surface area contributed by atoms with Gasteiger partial charge in [-0.3, -0.25) is 4.79 Å². The molecule has 0 aliphatic carbocycles. The summed E-state index contributed by atoms with van der Waals surface area (Å²) in [6.07, 6.45) is 2.06. The van der Waals surface area contributed by atoms with E-state index in [0.717, 1.165) is 30.8 Å². The molecule has 1 heterocycles. The summed E-state index contributed by atoms with van der Waals surface area (Å²) >= 11 is 5.94. The topological polar surface area (TPSA) is 32.3 Å². The van der Waals surface area contributed by atoms with Gasteiger partial charge in [0.1, 0.15) is 0 Å². The highest BCUT2D eigenvalue weighted by Gasteiger charge is 2.21. The first-order chi connectivity index (χ1) is 10.2. The predicted molar refractivity (Wildman–Crippen MR) is 87.1 cm³/mol. The van der Waals surface area contributed by atoms with Crippen LogP contribution in [-0.4, -0.2) is 19.0 Å². The predicted octanol–water partition coefficient (Wildman–Crippen LogP) is 3.73. The van der Waals surface area contributed by atoms with E-state index < -0.39 is 0 Å². The maximum Gasteiger partial charge on any atom is 0.246 e. The molecule has 1 aliphatic rings. The van der Waals surface area contributed by atoms with Gasteiger partial charge in [0.05, 0.1) is 6.54 Å². The number of hydrogen-bond acceptors (Lipinski definition) is 2. The van der Waals surface area contributed by atoms with Gasteiger partial charge >= 0.3 is 0 Å². The molecule has 0 spiro atoms. The van der Waals surface area contributed by atoms with Crippen molar-refractivity contribution in [1.29, 1.82) is 0 Å². The Morgan fingerprint density at radius 3 is 2.90 bits per heavy atom. The first-order valence-corrected chi connectivity index (χ1v) is 7.49. The van der Waals surface area contributed by atoms with Crippen molar-refractivity contribution in [3.8, 4) is 0 Å². The van der Waals surface area contributed by atoms with E-state index in [-0.39, 0.29) is 12.5 Å². The minimum absolute atomic E-state index is 0.0853. The largest absolute Gasteiger partial charge is 0.376 e. The number of fused-ring (bicyclic) bond motifs is 1. The number of nitrogens with zero attached hydrogens (tertiary/aromatic N) is 1. The van der Waals surface area contributed by atoms with Crippen LogP contribution >= 0.6 is 11.6 Å². The van der Waals surface area contributed by atoms with Crippen molar-refractivity contribution < 1.29 is 4.79 Å². The number of halogens is 1. The fourth-order valence-corrected chi connectivity index (χ4v) is 2.85. The van der Waals surface area contributed by atoms with E-state index >= 15 is 0 Å². The van der Waals surface area contributed by atoms with Crippen molar-refractivity contribution in [3.05, 3.63) is 59.1 Å². The Balaban J connectivity index is 1.69. The van der Waals surface area contributed by atoms with Crippen LogP contribution in [0.4, 0.5) is 11.4 Å². The Kier molecular flexibility index (Phi) is 4.11. The maximum atomic E-state index is 12.4. The standard InChI is InChI=1S/C17H17ClN2O/c18-14-7-3-8-15(11-14)19-12-17(21)20-10-4-6-13-5-1-2-9-16(13)20/h1-3,5,7-9,11,19H,4,6,10,12H2. The zero-order valence-corrected chi connectivity index (χ0v) is 12.4. The Bertz CT molecular complexity index is 657. The summed E-state index contributed by atoms with van der Waals surface area (Å²) in [7, 11) is 0.